The second kappa shape index (κ2) is 4.12. The number of para-hydroxylation sites is 1. The zero-order chi connectivity index (χ0) is 12.4. The molecule has 0 fully saturated rings. The largest absolute Gasteiger partial charge is 0.432 e. The Bertz CT molecular complexity index is 591. The lowest BCUT2D eigenvalue weighted by Crippen LogP contribution is -2.13. The van der Waals surface area contributed by atoms with Crippen LogP contribution in [-0.4, -0.2) is 9.97 Å². The third-order valence-electron chi connectivity index (χ3n) is 2.05. The smallest absolute Gasteiger partial charge is 0.277 e. The molecule has 5 N–H and O–H groups in total. The van der Waals surface area contributed by atoms with Gasteiger partial charge in [0.25, 0.3) is 5.56 Å². The zero-order valence-electron chi connectivity index (χ0n) is 8.61. The molecule has 0 unspecified atom stereocenters. The molecule has 2 rings (SSSR count). The van der Waals surface area contributed by atoms with Crippen molar-refractivity contribution in [3.8, 4) is 11.6 Å². The molecule has 6 nitrogen and oxygen atoms in total. The topological polar surface area (TPSA) is 107 Å². The van der Waals surface area contributed by atoms with Gasteiger partial charge in [0.05, 0.1) is 12.0 Å². The number of aromatic amines is 1. The van der Waals surface area contributed by atoms with Crippen molar-refractivity contribution in [2.45, 2.75) is 0 Å². The van der Waals surface area contributed by atoms with Crippen molar-refractivity contribution in [2.24, 2.45) is 0 Å². The number of nitrogens with zero attached hydrogens (tertiary/aromatic N) is 1. The maximum Gasteiger partial charge on any atom is 0.277 e. The summed E-state index contributed by atoms with van der Waals surface area (Å²) < 4.78 is 18.5. The second-order valence-corrected chi connectivity index (χ2v) is 3.21. The summed E-state index contributed by atoms with van der Waals surface area (Å²) in [5, 5.41) is 0. The number of anilines is 2. The highest BCUT2D eigenvalue weighted by Crippen LogP contribution is 2.30. The van der Waals surface area contributed by atoms with E-state index in [-0.39, 0.29) is 23.0 Å². The molecule has 0 saturated heterocycles. The molecule has 0 aliphatic carbocycles. The molecular formula is C10H9FN4O2. The lowest BCUT2D eigenvalue weighted by molar-refractivity contribution is 0.430. The van der Waals surface area contributed by atoms with Crippen LogP contribution in [-0.2, 0) is 0 Å². The summed E-state index contributed by atoms with van der Waals surface area (Å²) in [6, 6.07) is 4.07. The minimum atomic E-state index is -0.661. The number of hydrogen-bond acceptors (Lipinski definition) is 5. The Morgan fingerprint density at radius 1 is 1.35 bits per heavy atom. The Labute approximate surface area is 95.0 Å². The first kappa shape index (κ1) is 10.9. The molecule has 0 atom stereocenters. The van der Waals surface area contributed by atoms with E-state index < -0.39 is 11.4 Å². The number of benzene rings is 1. The number of ether oxygens (including phenoxy) is 1. The van der Waals surface area contributed by atoms with Crippen LogP contribution in [0.2, 0.25) is 0 Å². The number of H-pyrrole nitrogens is 1. The van der Waals surface area contributed by atoms with Gasteiger partial charge in [-0.3, -0.25) is 4.79 Å². The van der Waals surface area contributed by atoms with Crippen molar-refractivity contribution in [3.63, 3.8) is 0 Å². The molecule has 7 heteroatoms. The fraction of sp³-hybridized carbons (Fsp3) is 0. The first-order valence-electron chi connectivity index (χ1n) is 4.64. The Balaban J connectivity index is 2.45. The lowest BCUT2D eigenvalue weighted by Gasteiger charge is -2.09. The Morgan fingerprint density at radius 3 is 2.82 bits per heavy atom. The molecule has 88 valence electrons. The molecule has 0 aliphatic heterocycles. The third kappa shape index (κ3) is 2.03. The predicted molar refractivity (Wildman–Crippen MR) is 60.2 cm³/mol. The molecule has 0 radical (unpaired) electrons. The normalized spacial score (nSPS) is 10.2. The molecule has 0 amide bonds. The highest BCUT2D eigenvalue weighted by Gasteiger charge is 2.12. The molecule has 0 aliphatic rings. The standard InChI is InChI=1S/C10H9FN4O2/c11-5-2-1-3-6(12)8(5)17-10-7(13)9(16)14-4-15-10/h1-4H,12-13H2,(H,14,15,16). The van der Waals surface area contributed by atoms with E-state index in [1.165, 1.54) is 18.2 Å². The van der Waals surface area contributed by atoms with Gasteiger partial charge in [-0.05, 0) is 12.1 Å². The average Bonchev–Trinajstić information content (AvgIpc) is 2.29. The van der Waals surface area contributed by atoms with Gasteiger partial charge in [0.2, 0.25) is 5.88 Å². The van der Waals surface area contributed by atoms with Crippen LogP contribution in [0.3, 0.4) is 0 Å². The third-order valence-corrected chi connectivity index (χ3v) is 2.05. The summed E-state index contributed by atoms with van der Waals surface area (Å²) in [4.78, 5) is 17.1. The number of aromatic nitrogens is 2. The van der Waals surface area contributed by atoms with Crippen molar-refractivity contribution in [2.75, 3.05) is 11.5 Å². The number of hydrogen-bond donors (Lipinski definition) is 3. The Hall–Kier alpha value is -2.57. The van der Waals surface area contributed by atoms with Gasteiger partial charge < -0.3 is 21.2 Å². The maximum absolute atomic E-state index is 13.4. The van der Waals surface area contributed by atoms with E-state index >= 15 is 0 Å². The van der Waals surface area contributed by atoms with Gasteiger partial charge in [0, 0.05) is 0 Å². The van der Waals surface area contributed by atoms with Crippen LogP contribution in [0.25, 0.3) is 0 Å². The van der Waals surface area contributed by atoms with Gasteiger partial charge in [-0.25, -0.2) is 9.37 Å². The van der Waals surface area contributed by atoms with Crippen LogP contribution in [0.1, 0.15) is 0 Å². The second-order valence-electron chi connectivity index (χ2n) is 3.21. The molecule has 1 aromatic heterocycles. The van der Waals surface area contributed by atoms with Gasteiger partial charge in [-0.2, -0.15) is 0 Å². The summed E-state index contributed by atoms with van der Waals surface area (Å²) >= 11 is 0. The van der Waals surface area contributed by atoms with Crippen molar-refractivity contribution < 1.29 is 9.13 Å². The van der Waals surface area contributed by atoms with Gasteiger partial charge >= 0.3 is 0 Å². The SMILES string of the molecule is Nc1cccc(F)c1Oc1nc[nH]c(=O)c1N. The van der Waals surface area contributed by atoms with E-state index in [2.05, 4.69) is 9.97 Å². The summed E-state index contributed by atoms with van der Waals surface area (Å²) in [5.74, 6) is -1.06. The summed E-state index contributed by atoms with van der Waals surface area (Å²) in [6.45, 7) is 0. The van der Waals surface area contributed by atoms with E-state index in [9.17, 15) is 9.18 Å². The molecule has 0 saturated carbocycles. The van der Waals surface area contributed by atoms with Crippen molar-refractivity contribution in [1.82, 2.24) is 9.97 Å². The first-order chi connectivity index (χ1) is 8.09. The van der Waals surface area contributed by atoms with Crippen LogP contribution in [0.15, 0.2) is 29.3 Å². The molecular weight excluding hydrogens is 227 g/mol. The van der Waals surface area contributed by atoms with Gasteiger partial charge in [-0.15, -0.1) is 0 Å². The van der Waals surface area contributed by atoms with Crippen LogP contribution in [0, 0.1) is 5.82 Å². The summed E-state index contributed by atoms with van der Waals surface area (Å²) in [7, 11) is 0. The lowest BCUT2D eigenvalue weighted by atomic mass is 10.3. The molecule has 0 spiro atoms. The molecule has 1 heterocycles. The monoisotopic (exact) mass is 236 g/mol. The van der Waals surface area contributed by atoms with Crippen LogP contribution in [0.4, 0.5) is 15.8 Å². The predicted octanol–water partition coefficient (Wildman–Crippen LogP) is 0.866. The molecule has 17 heavy (non-hydrogen) atoms. The Kier molecular flexibility index (Phi) is 2.65. The fourth-order valence-corrected chi connectivity index (χ4v) is 1.21. The summed E-state index contributed by atoms with van der Waals surface area (Å²) in [5.41, 5.74) is 10.3. The first-order valence-corrected chi connectivity index (χ1v) is 4.64. The minimum absolute atomic E-state index is 0.0893. The minimum Gasteiger partial charge on any atom is -0.432 e. The van der Waals surface area contributed by atoms with E-state index in [4.69, 9.17) is 16.2 Å². The van der Waals surface area contributed by atoms with Crippen LogP contribution in [0.5, 0.6) is 11.6 Å². The van der Waals surface area contributed by atoms with Crippen LogP contribution < -0.4 is 21.8 Å². The van der Waals surface area contributed by atoms with E-state index in [0.717, 1.165) is 6.33 Å². The Morgan fingerprint density at radius 2 is 2.12 bits per heavy atom. The maximum atomic E-state index is 13.4. The van der Waals surface area contributed by atoms with Crippen molar-refractivity contribution >= 4 is 11.4 Å². The highest BCUT2D eigenvalue weighted by molar-refractivity contribution is 5.56. The van der Waals surface area contributed by atoms with Gasteiger partial charge in [-0.1, -0.05) is 6.07 Å². The average molecular weight is 236 g/mol. The van der Waals surface area contributed by atoms with Crippen LogP contribution >= 0.6 is 0 Å². The van der Waals surface area contributed by atoms with Crippen molar-refractivity contribution in [3.05, 3.63) is 40.7 Å². The zero-order valence-corrected chi connectivity index (χ0v) is 8.61. The van der Waals surface area contributed by atoms with E-state index in [1.807, 2.05) is 0 Å². The fourth-order valence-electron chi connectivity index (χ4n) is 1.21. The quantitative estimate of drug-likeness (QED) is 0.670. The summed E-state index contributed by atoms with van der Waals surface area (Å²) in [6.07, 6.45) is 1.10. The molecule has 1 aromatic carbocycles. The van der Waals surface area contributed by atoms with Gasteiger partial charge in [0.15, 0.2) is 17.3 Å². The number of nitrogen functional groups attached to an aromatic ring is 2. The number of nitrogens with one attached hydrogen (secondary N) is 1. The number of rotatable bonds is 2. The molecule has 2 aromatic rings. The van der Waals surface area contributed by atoms with Crippen molar-refractivity contribution in [1.29, 1.82) is 0 Å². The highest BCUT2D eigenvalue weighted by atomic mass is 19.1. The number of nitrogens with two attached hydrogens (primary N) is 2. The van der Waals surface area contributed by atoms with E-state index in [1.54, 1.807) is 0 Å². The van der Waals surface area contributed by atoms with E-state index in [0.29, 0.717) is 0 Å². The number of halogens is 1. The van der Waals surface area contributed by atoms with Gasteiger partial charge in [0.1, 0.15) is 0 Å². The molecule has 0 bridgehead atoms.